The van der Waals surface area contributed by atoms with Gasteiger partial charge < -0.3 is 15.7 Å². The van der Waals surface area contributed by atoms with Gasteiger partial charge in [0.05, 0.1) is 19.1 Å². The Morgan fingerprint density at radius 2 is 1.76 bits per heavy atom. The third-order valence-corrected chi connectivity index (χ3v) is 2.93. The Bertz CT molecular complexity index is 446. The van der Waals surface area contributed by atoms with Crippen molar-refractivity contribution in [3.8, 4) is 0 Å². The largest absolute Gasteiger partial charge is 0.391 e. The summed E-state index contributed by atoms with van der Waals surface area (Å²) in [6.45, 7) is 4.16. The molecule has 0 aliphatic heterocycles. The predicted molar refractivity (Wildman–Crippen MR) is 81.6 cm³/mol. The van der Waals surface area contributed by atoms with Crippen molar-refractivity contribution >= 4 is 11.8 Å². The Morgan fingerprint density at radius 3 is 2.38 bits per heavy atom. The SMILES string of the molecule is CC(C)CC(O)CNC(=O)CNC(=O)Cc1ccccc1. The number of aliphatic hydroxyl groups is 1. The number of aliphatic hydroxyl groups excluding tert-OH is 1. The Morgan fingerprint density at radius 1 is 1.10 bits per heavy atom. The number of carbonyl (C=O) groups excluding carboxylic acids is 2. The molecular weight excluding hydrogens is 268 g/mol. The molecule has 1 unspecified atom stereocenters. The second kappa shape index (κ2) is 9.13. The van der Waals surface area contributed by atoms with Crippen LogP contribution in [0.1, 0.15) is 25.8 Å². The van der Waals surface area contributed by atoms with Gasteiger partial charge in [-0.3, -0.25) is 9.59 Å². The molecule has 0 aliphatic carbocycles. The summed E-state index contributed by atoms with van der Waals surface area (Å²) in [5, 5.41) is 14.8. The van der Waals surface area contributed by atoms with Crippen LogP contribution in [0.15, 0.2) is 30.3 Å². The third-order valence-electron chi connectivity index (χ3n) is 2.93. The Hall–Kier alpha value is -1.88. The highest BCUT2D eigenvalue weighted by Crippen LogP contribution is 2.03. The maximum Gasteiger partial charge on any atom is 0.239 e. The first-order valence-electron chi connectivity index (χ1n) is 7.22. The fourth-order valence-electron chi connectivity index (χ4n) is 1.94. The maximum absolute atomic E-state index is 11.7. The van der Waals surface area contributed by atoms with Crippen molar-refractivity contribution in [2.45, 2.75) is 32.8 Å². The van der Waals surface area contributed by atoms with Crippen molar-refractivity contribution in [3.05, 3.63) is 35.9 Å². The maximum atomic E-state index is 11.7. The number of hydrogen-bond acceptors (Lipinski definition) is 3. The average molecular weight is 292 g/mol. The van der Waals surface area contributed by atoms with Crippen LogP contribution >= 0.6 is 0 Å². The Balaban J connectivity index is 2.19. The summed E-state index contributed by atoms with van der Waals surface area (Å²) in [5.74, 6) is -0.110. The fraction of sp³-hybridized carbons (Fsp3) is 0.500. The molecule has 1 aromatic carbocycles. The Kier molecular flexibility index (Phi) is 7.46. The van der Waals surface area contributed by atoms with Gasteiger partial charge in [-0.15, -0.1) is 0 Å². The molecule has 0 heterocycles. The van der Waals surface area contributed by atoms with Crippen molar-refractivity contribution in [2.24, 2.45) is 5.92 Å². The monoisotopic (exact) mass is 292 g/mol. The summed E-state index contributed by atoms with van der Waals surface area (Å²) in [6.07, 6.45) is 0.346. The van der Waals surface area contributed by atoms with Gasteiger partial charge in [-0.05, 0) is 17.9 Å². The van der Waals surface area contributed by atoms with E-state index in [4.69, 9.17) is 0 Å². The second-order valence-corrected chi connectivity index (χ2v) is 5.53. The molecule has 0 spiro atoms. The zero-order chi connectivity index (χ0) is 15.7. The van der Waals surface area contributed by atoms with Crippen LogP contribution in [0.3, 0.4) is 0 Å². The standard InChI is InChI=1S/C16H24N2O3/c1-12(2)8-14(19)10-17-16(21)11-18-15(20)9-13-6-4-3-5-7-13/h3-7,12,14,19H,8-11H2,1-2H3,(H,17,21)(H,18,20). The number of nitrogens with one attached hydrogen (secondary N) is 2. The number of benzene rings is 1. The summed E-state index contributed by atoms with van der Waals surface area (Å²) in [7, 11) is 0. The number of carbonyl (C=O) groups is 2. The molecule has 0 saturated carbocycles. The first kappa shape index (κ1) is 17.2. The lowest BCUT2D eigenvalue weighted by molar-refractivity contribution is -0.126. The molecular formula is C16H24N2O3. The normalized spacial score (nSPS) is 12.0. The van der Waals surface area contributed by atoms with E-state index in [2.05, 4.69) is 10.6 Å². The molecule has 0 saturated heterocycles. The van der Waals surface area contributed by atoms with Gasteiger partial charge in [0, 0.05) is 6.54 Å². The Labute approximate surface area is 125 Å². The van der Waals surface area contributed by atoms with Gasteiger partial charge >= 0.3 is 0 Å². The first-order valence-corrected chi connectivity index (χ1v) is 7.22. The average Bonchev–Trinajstić information content (AvgIpc) is 2.43. The molecule has 1 atom stereocenters. The summed E-state index contributed by atoms with van der Waals surface area (Å²) in [4.78, 5) is 23.2. The lowest BCUT2D eigenvalue weighted by Gasteiger charge is -2.14. The van der Waals surface area contributed by atoms with Crippen molar-refractivity contribution < 1.29 is 14.7 Å². The molecule has 0 aromatic heterocycles. The van der Waals surface area contributed by atoms with Gasteiger partial charge in [-0.2, -0.15) is 0 Å². The van der Waals surface area contributed by atoms with Crippen LogP contribution < -0.4 is 10.6 Å². The van der Waals surface area contributed by atoms with E-state index in [0.717, 1.165) is 5.56 Å². The van der Waals surface area contributed by atoms with Gasteiger partial charge in [0.1, 0.15) is 0 Å². The van der Waals surface area contributed by atoms with Crippen molar-refractivity contribution in [2.75, 3.05) is 13.1 Å². The topological polar surface area (TPSA) is 78.4 Å². The van der Waals surface area contributed by atoms with Crippen LogP contribution in [0.5, 0.6) is 0 Å². The van der Waals surface area contributed by atoms with Crippen LogP contribution in [0.2, 0.25) is 0 Å². The van der Waals surface area contributed by atoms with E-state index >= 15 is 0 Å². The lowest BCUT2D eigenvalue weighted by Crippen LogP contribution is -2.40. The highest BCUT2D eigenvalue weighted by molar-refractivity contribution is 5.85. The molecule has 0 aliphatic rings. The van der Waals surface area contributed by atoms with Crippen LogP contribution in [-0.2, 0) is 16.0 Å². The van der Waals surface area contributed by atoms with Gasteiger partial charge in [0.15, 0.2) is 0 Å². The van der Waals surface area contributed by atoms with E-state index in [1.165, 1.54) is 0 Å². The minimum atomic E-state index is -0.547. The summed E-state index contributed by atoms with van der Waals surface area (Å²) in [6, 6.07) is 9.35. The predicted octanol–water partition coefficient (Wildman–Crippen LogP) is 0.869. The van der Waals surface area contributed by atoms with Crippen LogP contribution in [0, 0.1) is 5.92 Å². The molecule has 0 radical (unpaired) electrons. The zero-order valence-corrected chi connectivity index (χ0v) is 12.6. The minimum Gasteiger partial charge on any atom is -0.391 e. The lowest BCUT2D eigenvalue weighted by atomic mass is 10.1. The van der Waals surface area contributed by atoms with E-state index in [1.807, 2.05) is 44.2 Å². The van der Waals surface area contributed by atoms with Gasteiger partial charge in [0.2, 0.25) is 11.8 Å². The van der Waals surface area contributed by atoms with Crippen LogP contribution in [-0.4, -0.2) is 36.1 Å². The smallest absolute Gasteiger partial charge is 0.239 e. The van der Waals surface area contributed by atoms with E-state index < -0.39 is 6.10 Å². The van der Waals surface area contributed by atoms with Crippen molar-refractivity contribution in [1.29, 1.82) is 0 Å². The van der Waals surface area contributed by atoms with E-state index in [9.17, 15) is 14.7 Å². The minimum absolute atomic E-state index is 0.0694. The molecule has 0 bridgehead atoms. The number of rotatable bonds is 8. The summed E-state index contributed by atoms with van der Waals surface area (Å²) >= 11 is 0. The van der Waals surface area contributed by atoms with Crippen molar-refractivity contribution in [3.63, 3.8) is 0 Å². The van der Waals surface area contributed by atoms with E-state index in [1.54, 1.807) is 0 Å². The molecule has 0 fully saturated rings. The third kappa shape index (κ3) is 8.09. The van der Waals surface area contributed by atoms with E-state index in [0.29, 0.717) is 12.3 Å². The zero-order valence-electron chi connectivity index (χ0n) is 12.6. The molecule has 3 N–H and O–H groups in total. The van der Waals surface area contributed by atoms with E-state index in [-0.39, 0.29) is 31.3 Å². The molecule has 21 heavy (non-hydrogen) atoms. The fourth-order valence-corrected chi connectivity index (χ4v) is 1.94. The van der Waals surface area contributed by atoms with Crippen molar-refractivity contribution in [1.82, 2.24) is 10.6 Å². The van der Waals surface area contributed by atoms with Gasteiger partial charge in [-0.25, -0.2) is 0 Å². The quantitative estimate of drug-likeness (QED) is 0.665. The van der Waals surface area contributed by atoms with Gasteiger partial charge in [-0.1, -0.05) is 44.2 Å². The highest BCUT2D eigenvalue weighted by Gasteiger charge is 2.10. The highest BCUT2D eigenvalue weighted by atomic mass is 16.3. The van der Waals surface area contributed by atoms with Crippen LogP contribution in [0.25, 0.3) is 0 Å². The summed E-state index contributed by atoms with van der Waals surface area (Å²) in [5.41, 5.74) is 0.905. The molecule has 5 heteroatoms. The van der Waals surface area contributed by atoms with Gasteiger partial charge in [0.25, 0.3) is 0 Å². The molecule has 116 valence electrons. The molecule has 5 nitrogen and oxygen atoms in total. The summed E-state index contributed by atoms with van der Waals surface area (Å²) < 4.78 is 0. The molecule has 2 amide bonds. The second-order valence-electron chi connectivity index (χ2n) is 5.53. The molecule has 1 rings (SSSR count). The number of hydrogen-bond donors (Lipinski definition) is 3. The molecule has 1 aromatic rings. The first-order chi connectivity index (χ1) is 9.97. The number of amides is 2. The van der Waals surface area contributed by atoms with Crippen LogP contribution in [0.4, 0.5) is 0 Å².